The Bertz CT molecular complexity index is 969. The van der Waals surface area contributed by atoms with Gasteiger partial charge in [-0.3, -0.25) is 9.59 Å². The zero-order chi connectivity index (χ0) is 19.6. The summed E-state index contributed by atoms with van der Waals surface area (Å²) in [5, 5.41) is 3.15. The highest BCUT2D eigenvalue weighted by atomic mass is 32.2. The van der Waals surface area contributed by atoms with Crippen LogP contribution in [0.5, 0.6) is 0 Å². The molecule has 2 heterocycles. The molecule has 0 atom stereocenters. The van der Waals surface area contributed by atoms with Crippen molar-refractivity contribution in [1.29, 1.82) is 0 Å². The van der Waals surface area contributed by atoms with Crippen LogP contribution in [0.2, 0.25) is 0 Å². The second-order valence-corrected chi connectivity index (χ2v) is 7.97. The molecule has 0 bridgehead atoms. The molecule has 3 rings (SSSR count). The minimum absolute atomic E-state index is 0.0702. The smallest absolute Gasteiger partial charge is 0.331 e. The second kappa shape index (κ2) is 7.45. The molecule has 142 valence electrons. The van der Waals surface area contributed by atoms with Gasteiger partial charge in [0, 0.05) is 36.4 Å². The predicted molar refractivity (Wildman–Crippen MR) is 101 cm³/mol. The molecule has 0 radical (unpaired) electrons. The molecule has 0 saturated carbocycles. The molecule has 0 unspecified atom stereocenters. The average Bonchev–Trinajstić information content (AvgIpc) is 3.11. The maximum Gasteiger partial charge on any atom is 0.331 e. The number of carbonyl (C=O) groups excluding carboxylic acids is 2. The zero-order valence-electron chi connectivity index (χ0n) is 14.6. The molecule has 1 saturated heterocycles. The van der Waals surface area contributed by atoms with Crippen molar-refractivity contribution in [1.82, 2.24) is 18.0 Å². The molecule has 2 amide bonds. The number of hydrogen-bond donors (Lipinski definition) is 1. The minimum Gasteiger partial charge on any atom is -0.336 e. The van der Waals surface area contributed by atoms with E-state index < -0.39 is 22.0 Å². The van der Waals surface area contributed by atoms with E-state index in [0.29, 0.717) is 19.6 Å². The molecule has 11 heteroatoms. The van der Waals surface area contributed by atoms with Gasteiger partial charge in [0.2, 0.25) is 5.13 Å². The number of anilines is 1. The standard InChI is InChI=1S/C16H17N5O4S2/c1-3-20-14(22)12(15(23)21(4-2)27(20,24)25)10-17-16-18-13(19-26-16)11-8-6-5-7-9-11/h5-10H,3-4H2,1-2H3,(H,17,18,19). The Labute approximate surface area is 160 Å². The van der Waals surface area contributed by atoms with Crippen LogP contribution in [0.1, 0.15) is 13.8 Å². The highest BCUT2D eigenvalue weighted by molar-refractivity contribution is 7.88. The number of likely N-dealkylation sites (N-methyl/N-ethyl adjacent to an activating group) is 2. The first-order valence-electron chi connectivity index (χ1n) is 8.15. The van der Waals surface area contributed by atoms with E-state index in [9.17, 15) is 18.0 Å². The lowest BCUT2D eigenvalue weighted by Gasteiger charge is -2.33. The molecular formula is C16H17N5O4S2. The van der Waals surface area contributed by atoms with Crippen LogP contribution in [0.4, 0.5) is 5.13 Å². The minimum atomic E-state index is -4.14. The molecular weight excluding hydrogens is 390 g/mol. The Morgan fingerprint density at radius 3 is 2.22 bits per heavy atom. The molecule has 27 heavy (non-hydrogen) atoms. The summed E-state index contributed by atoms with van der Waals surface area (Å²) < 4.78 is 30.2. The van der Waals surface area contributed by atoms with Gasteiger partial charge in [-0.15, -0.1) is 0 Å². The van der Waals surface area contributed by atoms with E-state index in [1.54, 1.807) is 0 Å². The number of nitrogens with zero attached hydrogens (tertiary/aromatic N) is 4. The summed E-state index contributed by atoms with van der Waals surface area (Å²) in [4.78, 5) is 29.2. The van der Waals surface area contributed by atoms with Crippen LogP contribution in [0.3, 0.4) is 0 Å². The van der Waals surface area contributed by atoms with Crippen molar-refractivity contribution in [2.45, 2.75) is 13.8 Å². The molecule has 0 aliphatic carbocycles. The first kappa shape index (κ1) is 19.0. The molecule has 0 spiro atoms. The second-order valence-electron chi connectivity index (χ2n) is 5.44. The third kappa shape index (κ3) is 3.43. The van der Waals surface area contributed by atoms with E-state index in [2.05, 4.69) is 14.7 Å². The van der Waals surface area contributed by atoms with Crippen molar-refractivity contribution in [2.24, 2.45) is 0 Å². The summed E-state index contributed by atoms with van der Waals surface area (Å²) in [6.07, 6.45) is 1.18. The summed E-state index contributed by atoms with van der Waals surface area (Å²) in [5.74, 6) is -1.23. The quantitative estimate of drug-likeness (QED) is 0.590. The van der Waals surface area contributed by atoms with Gasteiger partial charge in [-0.1, -0.05) is 30.3 Å². The molecule has 1 aliphatic rings. The van der Waals surface area contributed by atoms with E-state index >= 15 is 0 Å². The summed E-state index contributed by atoms with van der Waals surface area (Å²) >= 11 is 1.06. The zero-order valence-corrected chi connectivity index (χ0v) is 16.2. The first-order valence-corrected chi connectivity index (χ1v) is 10.3. The van der Waals surface area contributed by atoms with Crippen molar-refractivity contribution in [3.63, 3.8) is 0 Å². The number of amides is 2. The Balaban J connectivity index is 1.87. The number of aromatic nitrogens is 2. The Kier molecular flexibility index (Phi) is 5.24. The van der Waals surface area contributed by atoms with Crippen LogP contribution < -0.4 is 5.32 Å². The molecule has 1 aliphatic heterocycles. The number of carbonyl (C=O) groups is 2. The summed E-state index contributed by atoms with van der Waals surface area (Å²) in [5.41, 5.74) is 0.560. The highest BCUT2D eigenvalue weighted by Gasteiger charge is 2.45. The third-order valence-corrected chi connectivity index (χ3v) is 6.45. The molecule has 1 fully saturated rings. The van der Waals surface area contributed by atoms with Crippen molar-refractivity contribution >= 4 is 38.7 Å². The average molecular weight is 407 g/mol. The van der Waals surface area contributed by atoms with E-state index in [4.69, 9.17) is 0 Å². The van der Waals surface area contributed by atoms with Crippen molar-refractivity contribution in [3.8, 4) is 11.4 Å². The summed E-state index contributed by atoms with van der Waals surface area (Å²) in [7, 11) is -4.14. The monoisotopic (exact) mass is 407 g/mol. The Hall–Kier alpha value is -2.79. The van der Waals surface area contributed by atoms with Crippen molar-refractivity contribution in [2.75, 3.05) is 18.4 Å². The molecule has 1 N–H and O–H groups in total. The highest BCUT2D eigenvalue weighted by Crippen LogP contribution is 2.24. The van der Waals surface area contributed by atoms with Crippen LogP contribution >= 0.6 is 11.5 Å². The topological polar surface area (TPSA) is 113 Å². The molecule has 1 aromatic carbocycles. The number of rotatable bonds is 5. The van der Waals surface area contributed by atoms with Gasteiger partial charge in [0.1, 0.15) is 5.57 Å². The van der Waals surface area contributed by atoms with Gasteiger partial charge in [0.15, 0.2) is 5.82 Å². The van der Waals surface area contributed by atoms with Crippen LogP contribution in [0.25, 0.3) is 11.4 Å². The lowest BCUT2D eigenvalue weighted by atomic mass is 10.2. The maximum absolute atomic E-state index is 12.5. The normalized spacial score (nSPS) is 16.6. The SMILES string of the molecule is CCN1C(=O)C(=CNc2nc(-c3ccccc3)ns2)C(=O)N(CC)S1(=O)=O. The van der Waals surface area contributed by atoms with Crippen LogP contribution in [-0.4, -0.2) is 51.3 Å². The van der Waals surface area contributed by atoms with Gasteiger partial charge >= 0.3 is 10.2 Å². The van der Waals surface area contributed by atoms with Gasteiger partial charge in [0.05, 0.1) is 0 Å². The van der Waals surface area contributed by atoms with E-state index in [-0.39, 0.29) is 18.7 Å². The molecule has 1 aromatic heterocycles. The van der Waals surface area contributed by atoms with Crippen LogP contribution in [-0.2, 0) is 19.8 Å². The third-order valence-electron chi connectivity index (χ3n) is 3.84. The maximum atomic E-state index is 12.5. The van der Waals surface area contributed by atoms with Crippen LogP contribution in [0, 0.1) is 0 Å². The number of hydrogen-bond acceptors (Lipinski definition) is 8. The molecule has 9 nitrogen and oxygen atoms in total. The van der Waals surface area contributed by atoms with Crippen molar-refractivity contribution < 1.29 is 18.0 Å². The van der Waals surface area contributed by atoms with Crippen LogP contribution in [0.15, 0.2) is 42.1 Å². The fourth-order valence-electron chi connectivity index (χ4n) is 2.55. The van der Waals surface area contributed by atoms with E-state index in [1.165, 1.54) is 20.0 Å². The van der Waals surface area contributed by atoms with Gasteiger partial charge < -0.3 is 5.32 Å². The lowest BCUT2D eigenvalue weighted by molar-refractivity contribution is -0.131. The number of nitrogens with one attached hydrogen (secondary N) is 1. The Morgan fingerprint density at radius 2 is 1.67 bits per heavy atom. The Morgan fingerprint density at radius 1 is 1.07 bits per heavy atom. The van der Waals surface area contributed by atoms with Crippen molar-refractivity contribution in [3.05, 3.63) is 42.1 Å². The van der Waals surface area contributed by atoms with Gasteiger partial charge in [-0.05, 0) is 13.8 Å². The van der Waals surface area contributed by atoms with Gasteiger partial charge in [0.25, 0.3) is 11.8 Å². The largest absolute Gasteiger partial charge is 0.336 e. The fourth-order valence-corrected chi connectivity index (χ4v) is 4.61. The van der Waals surface area contributed by atoms with Gasteiger partial charge in [-0.25, -0.2) is 8.61 Å². The predicted octanol–water partition coefficient (Wildman–Crippen LogP) is 1.46. The number of benzene rings is 1. The van der Waals surface area contributed by atoms with E-state index in [0.717, 1.165) is 17.1 Å². The summed E-state index contributed by atoms with van der Waals surface area (Å²) in [6, 6.07) is 9.34. The first-order chi connectivity index (χ1) is 12.9. The fraction of sp³-hybridized carbons (Fsp3) is 0.250. The van der Waals surface area contributed by atoms with Gasteiger partial charge in [-0.2, -0.15) is 17.8 Å². The lowest BCUT2D eigenvalue weighted by Crippen LogP contribution is -2.56. The van der Waals surface area contributed by atoms with E-state index in [1.807, 2.05) is 30.3 Å². The summed E-state index contributed by atoms with van der Waals surface area (Å²) in [6.45, 7) is 2.92. The molecule has 2 aromatic rings.